The third kappa shape index (κ3) is 2.93. The van der Waals surface area contributed by atoms with E-state index in [2.05, 4.69) is 15.9 Å². The summed E-state index contributed by atoms with van der Waals surface area (Å²) in [7, 11) is 1.96. The maximum absolute atomic E-state index is 9.10. The van der Waals surface area contributed by atoms with E-state index in [-0.39, 0.29) is 12.6 Å². The van der Waals surface area contributed by atoms with E-state index in [1.54, 1.807) is 0 Å². The van der Waals surface area contributed by atoms with Crippen LogP contribution < -0.4 is 10.6 Å². The zero-order valence-electron chi connectivity index (χ0n) is 9.07. The van der Waals surface area contributed by atoms with Gasteiger partial charge in [0.1, 0.15) is 0 Å². The quantitative estimate of drug-likeness (QED) is 0.878. The molecule has 84 valence electrons. The molecule has 1 aromatic carbocycles. The molecule has 1 unspecified atom stereocenters. The van der Waals surface area contributed by atoms with Gasteiger partial charge in [0, 0.05) is 29.8 Å². The molecule has 0 radical (unpaired) electrons. The standard InChI is InChI=1S/C11H17BrN2O/c1-8(7-15)14(2)11-4-3-10(12)5-9(11)6-13/h3-5,8,15H,6-7,13H2,1-2H3. The molecule has 0 aliphatic heterocycles. The summed E-state index contributed by atoms with van der Waals surface area (Å²) >= 11 is 3.42. The molecule has 1 aromatic rings. The fourth-order valence-electron chi connectivity index (χ4n) is 1.42. The lowest BCUT2D eigenvalue weighted by Gasteiger charge is -2.27. The Morgan fingerprint density at radius 2 is 2.20 bits per heavy atom. The molecule has 0 aliphatic rings. The second-order valence-corrected chi connectivity index (χ2v) is 4.54. The maximum atomic E-state index is 9.10. The minimum atomic E-state index is 0.0940. The van der Waals surface area contributed by atoms with Gasteiger partial charge in [-0.3, -0.25) is 0 Å². The van der Waals surface area contributed by atoms with E-state index in [1.807, 2.05) is 37.1 Å². The average Bonchev–Trinajstić information content (AvgIpc) is 2.26. The zero-order chi connectivity index (χ0) is 11.4. The molecule has 0 aliphatic carbocycles. The third-order valence-electron chi connectivity index (χ3n) is 2.57. The molecule has 15 heavy (non-hydrogen) atoms. The second-order valence-electron chi connectivity index (χ2n) is 3.62. The van der Waals surface area contributed by atoms with Gasteiger partial charge < -0.3 is 15.7 Å². The molecule has 1 rings (SSSR count). The number of aliphatic hydroxyl groups is 1. The normalized spacial score (nSPS) is 12.6. The van der Waals surface area contributed by atoms with Crippen molar-refractivity contribution in [1.82, 2.24) is 0 Å². The molecule has 0 saturated carbocycles. The molecule has 0 spiro atoms. The number of aliphatic hydroxyl groups excluding tert-OH is 1. The van der Waals surface area contributed by atoms with Gasteiger partial charge in [0.05, 0.1) is 6.61 Å². The van der Waals surface area contributed by atoms with Crippen LogP contribution in [0, 0.1) is 0 Å². The molecule has 0 fully saturated rings. The fourth-order valence-corrected chi connectivity index (χ4v) is 1.83. The number of nitrogens with zero attached hydrogens (tertiary/aromatic N) is 1. The van der Waals surface area contributed by atoms with Crippen LogP contribution in [0.15, 0.2) is 22.7 Å². The minimum absolute atomic E-state index is 0.0940. The van der Waals surface area contributed by atoms with Crippen molar-refractivity contribution in [3.05, 3.63) is 28.2 Å². The number of hydrogen-bond donors (Lipinski definition) is 2. The Morgan fingerprint density at radius 1 is 1.53 bits per heavy atom. The summed E-state index contributed by atoms with van der Waals surface area (Å²) in [5.41, 5.74) is 7.84. The van der Waals surface area contributed by atoms with Crippen molar-refractivity contribution in [2.75, 3.05) is 18.6 Å². The Labute approximate surface area is 99.0 Å². The highest BCUT2D eigenvalue weighted by molar-refractivity contribution is 9.10. The molecule has 3 N–H and O–H groups in total. The molecular formula is C11H17BrN2O. The molecule has 1 atom stereocenters. The lowest BCUT2D eigenvalue weighted by molar-refractivity contribution is 0.270. The van der Waals surface area contributed by atoms with Crippen molar-refractivity contribution in [3.63, 3.8) is 0 Å². The van der Waals surface area contributed by atoms with Crippen LogP contribution in [-0.2, 0) is 6.54 Å². The Kier molecular flexibility index (Phi) is 4.57. The monoisotopic (exact) mass is 272 g/mol. The van der Waals surface area contributed by atoms with Gasteiger partial charge in [-0.05, 0) is 30.7 Å². The van der Waals surface area contributed by atoms with Crippen LogP contribution in [0.3, 0.4) is 0 Å². The largest absolute Gasteiger partial charge is 0.394 e. The number of benzene rings is 1. The fraction of sp³-hybridized carbons (Fsp3) is 0.455. The SMILES string of the molecule is CC(CO)N(C)c1ccc(Br)cc1CN. The Morgan fingerprint density at radius 3 is 2.73 bits per heavy atom. The van der Waals surface area contributed by atoms with Gasteiger partial charge in [-0.2, -0.15) is 0 Å². The highest BCUT2D eigenvalue weighted by Gasteiger charge is 2.12. The van der Waals surface area contributed by atoms with Gasteiger partial charge in [-0.15, -0.1) is 0 Å². The van der Waals surface area contributed by atoms with Crippen LogP contribution in [0.25, 0.3) is 0 Å². The van der Waals surface area contributed by atoms with E-state index in [9.17, 15) is 0 Å². The van der Waals surface area contributed by atoms with Crippen molar-refractivity contribution in [3.8, 4) is 0 Å². The summed E-state index contributed by atoms with van der Waals surface area (Å²) in [4.78, 5) is 2.04. The zero-order valence-corrected chi connectivity index (χ0v) is 10.7. The molecule has 0 aromatic heterocycles. The van der Waals surface area contributed by atoms with E-state index in [0.717, 1.165) is 15.7 Å². The smallest absolute Gasteiger partial charge is 0.0632 e. The van der Waals surface area contributed by atoms with Crippen molar-refractivity contribution in [2.45, 2.75) is 19.5 Å². The summed E-state index contributed by atoms with van der Waals surface area (Å²) in [6, 6.07) is 6.10. The Balaban J connectivity index is 3.02. The first kappa shape index (κ1) is 12.5. The topological polar surface area (TPSA) is 49.5 Å². The van der Waals surface area contributed by atoms with Crippen LogP contribution in [0.5, 0.6) is 0 Å². The Bertz CT molecular complexity index is 330. The summed E-state index contributed by atoms with van der Waals surface area (Å²) in [6.45, 7) is 2.61. The molecule has 3 nitrogen and oxygen atoms in total. The van der Waals surface area contributed by atoms with Gasteiger partial charge in [0.2, 0.25) is 0 Å². The van der Waals surface area contributed by atoms with E-state index in [4.69, 9.17) is 10.8 Å². The predicted octanol–water partition coefficient (Wildman–Crippen LogP) is 1.72. The van der Waals surface area contributed by atoms with Crippen LogP contribution in [0.4, 0.5) is 5.69 Å². The van der Waals surface area contributed by atoms with E-state index < -0.39 is 0 Å². The first-order chi connectivity index (χ1) is 7.10. The van der Waals surface area contributed by atoms with Gasteiger partial charge >= 0.3 is 0 Å². The van der Waals surface area contributed by atoms with Crippen LogP contribution in [0.2, 0.25) is 0 Å². The van der Waals surface area contributed by atoms with Crippen LogP contribution in [0.1, 0.15) is 12.5 Å². The molecule has 4 heteroatoms. The molecule has 0 amide bonds. The van der Waals surface area contributed by atoms with E-state index in [1.165, 1.54) is 0 Å². The number of anilines is 1. The van der Waals surface area contributed by atoms with E-state index >= 15 is 0 Å². The average molecular weight is 273 g/mol. The minimum Gasteiger partial charge on any atom is -0.394 e. The van der Waals surface area contributed by atoms with Gasteiger partial charge in [-0.25, -0.2) is 0 Å². The van der Waals surface area contributed by atoms with Crippen molar-refractivity contribution in [1.29, 1.82) is 0 Å². The van der Waals surface area contributed by atoms with Gasteiger partial charge in [0.15, 0.2) is 0 Å². The van der Waals surface area contributed by atoms with Gasteiger partial charge in [0.25, 0.3) is 0 Å². The number of rotatable bonds is 4. The number of halogens is 1. The van der Waals surface area contributed by atoms with Crippen LogP contribution in [-0.4, -0.2) is 24.8 Å². The van der Waals surface area contributed by atoms with Gasteiger partial charge in [-0.1, -0.05) is 15.9 Å². The number of hydrogen-bond acceptors (Lipinski definition) is 3. The van der Waals surface area contributed by atoms with Crippen molar-refractivity contribution < 1.29 is 5.11 Å². The number of likely N-dealkylation sites (N-methyl/N-ethyl adjacent to an activating group) is 1. The maximum Gasteiger partial charge on any atom is 0.0632 e. The summed E-state index contributed by atoms with van der Waals surface area (Å²) in [6.07, 6.45) is 0. The second kappa shape index (κ2) is 5.49. The molecule has 0 saturated heterocycles. The van der Waals surface area contributed by atoms with Crippen molar-refractivity contribution >= 4 is 21.6 Å². The van der Waals surface area contributed by atoms with E-state index in [0.29, 0.717) is 6.54 Å². The van der Waals surface area contributed by atoms with Crippen molar-refractivity contribution in [2.24, 2.45) is 5.73 Å². The first-order valence-corrected chi connectivity index (χ1v) is 5.71. The highest BCUT2D eigenvalue weighted by atomic mass is 79.9. The molecule has 0 bridgehead atoms. The molecule has 0 heterocycles. The lowest BCUT2D eigenvalue weighted by atomic mass is 10.1. The first-order valence-electron chi connectivity index (χ1n) is 4.92. The summed E-state index contributed by atoms with van der Waals surface area (Å²) in [5.74, 6) is 0. The van der Waals surface area contributed by atoms with Crippen LogP contribution >= 0.6 is 15.9 Å². The Hall–Kier alpha value is -0.580. The third-order valence-corrected chi connectivity index (χ3v) is 3.06. The summed E-state index contributed by atoms with van der Waals surface area (Å²) in [5, 5.41) is 9.10. The predicted molar refractivity (Wildman–Crippen MR) is 67.0 cm³/mol. The highest BCUT2D eigenvalue weighted by Crippen LogP contribution is 2.24. The molecular weight excluding hydrogens is 256 g/mol. The summed E-state index contributed by atoms with van der Waals surface area (Å²) < 4.78 is 1.02. The lowest BCUT2D eigenvalue weighted by Crippen LogP contribution is -2.32. The number of nitrogens with two attached hydrogens (primary N) is 1.